The lowest BCUT2D eigenvalue weighted by Crippen LogP contribution is -2.53. The van der Waals surface area contributed by atoms with Gasteiger partial charge in [-0.15, -0.1) is 0 Å². The van der Waals surface area contributed by atoms with Crippen LogP contribution in [-0.4, -0.2) is 57.0 Å². The molecule has 1 heterocycles. The summed E-state index contributed by atoms with van der Waals surface area (Å²) in [4.78, 5) is 14.7. The number of methoxy groups -OCH3 is 1. The Morgan fingerprint density at radius 2 is 1.96 bits per heavy atom. The van der Waals surface area contributed by atoms with Crippen LogP contribution in [0.15, 0.2) is 24.3 Å². The Bertz CT molecular complexity index is 698. The molecular formula is C18H28N2O4S. The van der Waals surface area contributed by atoms with Crippen molar-refractivity contribution in [3.8, 4) is 5.75 Å². The third-order valence-corrected chi connectivity index (χ3v) is 5.50. The first kappa shape index (κ1) is 19.6. The van der Waals surface area contributed by atoms with Gasteiger partial charge in [-0.25, -0.2) is 8.42 Å². The topological polar surface area (TPSA) is 75.7 Å². The molecule has 1 atom stereocenters. The molecule has 25 heavy (non-hydrogen) atoms. The molecular weight excluding hydrogens is 340 g/mol. The van der Waals surface area contributed by atoms with Crippen LogP contribution in [0.25, 0.3) is 0 Å². The monoisotopic (exact) mass is 368 g/mol. The first-order valence-corrected chi connectivity index (χ1v) is 10.6. The van der Waals surface area contributed by atoms with Gasteiger partial charge in [-0.2, -0.15) is 0 Å². The molecule has 0 saturated carbocycles. The third-order valence-electron chi connectivity index (χ3n) is 4.43. The van der Waals surface area contributed by atoms with Gasteiger partial charge in [0.25, 0.3) is 0 Å². The molecule has 7 heteroatoms. The molecule has 0 spiro atoms. The second-order valence-electron chi connectivity index (χ2n) is 7.33. The average molecular weight is 368 g/mol. The predicted octanol–water partition coefficient (Wildman–Crippen LogP) is 2.17. The number of ether oxygens (including phenoxy) is 1. The number of likely N-dealkylation sites (tertiary alicyclic amines) is 1. The standard InChI is InChI=1S/C18H28N2O4S/c1-18(2,19-15-7-9-16(24-3)10-8-15)17(21)20-11-5-6-14(12-20)13-25(4,22)23/h7-10,14,19H,5-6,11-13H2,1-4H3. The smallest absolute Gasteiger partial charge is 0.247 e. The van der Waals surface area contributed by atoms with Crippen molar-refractivity contribution in [2.24, 2.45) is 5.92 Å². The molecule has 0 radical (unpaired) electrons. The van der Waals surface area contributed by atoms with E-state index in [-0.39, 0.29) is 17.6 Å². The van der Waals surface area contributed by atoms with Crippen LogP contribution in [0.2, 0.25) is 0 Å². The summed E-state index contributed by atoms with van der Waals surface area (Å²) < 4.78 is 28.2. The molecule has 140 valence electrons. The molecule has 0 bridgehead atoms. The molecule has 1 amide bonds. The fraction of sp³-hybridized carbons (Fsp3) is 0.611. The minimum Gasteiger partial charge on any atom is -0.497 e. The average Bonchev–Trinajstić information content (AvgIpc) is 2.53. The summed E-state index contributed by atoms with van der Waals surface area (Å²) in [6, 6.07) is 7.42. The van der Waals surface area contributed by atoms with Crippen LogP contribution in [0.4, 0.5) is 5.69 Å². The van der Waals surface area contributed by atoms with Crippen LogP contribution in [0.1, 0.15) is 26.7 Å². The fourth-order valence-corrected chi connectivity index (χ4v) is 4.43. The summed E-state index contributed by atoms with van der Waals surface area (Å²) in [6.07, 6.45) is 2.94. The largest absolute Gasteiger partial charge is 0.497 e. The highest BCUT2D eigenvalue weighted by atomic mass is 32.2. The van der Waals surface area contributed by atoms with E-state index in [4.69, 9.17) is 4.74 Å². The molecule has 0 aliphatic carbocycles. The van der Waals surface area contributed by atoms with Gasteiger partial charge in [0.15, 0.2) is 0 Å². The van der Waals surface area contributed by atoms with E-state index in [0.717, 1.165) is 24.3 Å². The minimum absolute atomic E-state index is 0.0125. The summed E-state index contributed by atoms with van der Waals surface area (Å²) >= 11 is 0. The quantitative estimate of drug-likeness (QED) is 0.833. The Labute approximate surface area is 150 Å². The van der Waals surface area contributed by atoms with Crippen LogP contribution < -0.4 is 10.1 Å². The van der Waals surface area contributed by atoms with E-state index >= 15 is 0 Å². The van der Waals surface area contributed by atoms with Crippen LogP contribution in [0.3, 0.4) is 0 Å². The zero-order valence-electron chi connectivity index (χ0n) is 15.4. The molecule has 1 saturated heterocycles. The number of nitrogens with one attached hydrogen (secondary N) is 1. The minimum atomic E-state index is -3.03. The number of hydrogen-bond acceptors (Lipinski definition) is 5. The SMILES string of the molecule is COc1ccc(NC(C)(C)C(=O)N2CCCC(CS(C)(=O)=O)C2)cc1. The second-order valence-corrected chi connectivity index (χ2v) is 9.52. The van der Waals surface area contributed by atoms with Gasteiger partial charge < -0.3 is 15.0 Å². The van der Waals surface area contributed by atoms with Crippen LogP contribution in [-0.2, 0) is 14.6 Å². The molecule has 1 fully saturated rings. The Kier molecular flexibility index (Phi) is 5.98. The van der Waals surface area contributed by atoms with Gasteiger partial charge in [-0.3, -0.25) is 4.79 Å². The lowest BCUT2D eigenvalue weighted by Gasteiger charge is -2.38. The lowest BCUT2D eigenvalue weighted by atomic mass is 9.96. The van der Waals surface area contributed by atoms with Gasteiger partial charge >= 0.3 is 0 Å². The Morgan fingerprint density at radius 1 is 1.32 bits per heavy atom. The van der Waals surface area contributed by atoms with Crippen molar-refractivity contribution in [2.45, 2.75) is 32.2 Å². The highest BCUT2D eigenvalue weighted by Crippen LogP contribution is 2.24. The molecule has 1 aliphatic rings. The Hall–Kier alpha value is -1.76. The number of sulfone groups is 1. The summed E-state index contributed by atoms with van der Waals surface area (Å²) in [5.74, 6) is 0.906. The summed E-state index contributed by atoms with van der Waals surface area (Å²) in [5.41, 5.74) is 0.0607. The van der Waals surface area contributed by atoms with Crippen molar-refractivity contribution in [3.63, 3.8) is 0 Å². The van der Waals surface area contributed by atoms with Crippen molar-refractivity contribution in [3.05, 3.63) is 24.3 Å². The number of amides is 1. The summed E-state index contributed by atoms with van der Waals surface area (Å²) in [7, 11) is -1.42. The molecule has 6 nitrogen and oxygen atoms in total. The maximum absolute atomic E-state index is 12.9. The number of carbonyl (C=O) groups excluding carboxylic acids is 1. The van der Waals surface area contributed by atoms with E-state index in [2.05, 4.69) is 5.32 Å². The van der Waals surface area contributed by atoms with Gasteiger partial charge in [0.05, 0.1) is 12.9 Å². The lowest BCUT2D eigenvalue weighted by molar-refractivity contribution is -0.136. The molecule has 1 aliphatic heterocycles. The number of anilines is 1. The Morgan fingerprint density at radius 3 is 2.52 bits per heavy atom. The van der Waals surface area contributed by atoms with Crippen LogP contribution >= 0.6 is 0 Å². The molecule has 1 N–H and O–H groups in total. The van der Waals surface area contributed by atoms with E-state index in [1.807, 2.05) is 38.1 Å². The van der Waals surface area contributed by atoms with E-state index in [0.29, 0.717) is 13.1 Å². The van der Waals surface area contributed by atoms with Crippen molar-refractivity contribution >= 4 is 21.4 Å². The normalized spacial score (nSPS) is 18.7. The second kappa shape index (κ2) is 7.64. The maximum atomic E-state index is 12.9. The fourth-order valence-electron chi connectivity index (χ4n) is 3.30. The summed E-state index contributed by atoms with van der Waals surface area (Å²) in [5, 5.41) is 3.26. The number of hydrogen-bond donors (Lipinski definition) is 1. The van der Waals surface area contributed by atoms with E-state index in [1.54, 1.807) is 12.0 Å². The first-order chi connectivity index (χ1) is 11.6. The first-order valence-electron chi connectivity index (χ1n) is 8.50. The zero-order chi connectivity index (χ0) is 18.7. The molecule has 0 aromatic heterocycles. The number of piperidine rings is 1. The van der Waals surface area contributed by atoms with Gasteiger partial charge in [0, 0.05) is 25.0 Å². The van der Waals surface area contributed by atoms with Gasteiger partial charge in [0.2, 0.25) is 5.91 Å². The highest BCUT2D eigenvalue weighted by Gasteiger charge is 2.35. The highest BCUT2D eigenvalue weighted by molar-refractivity contribution is 7.90. The maximum Gasteiger partial charge on any atom is 0.247 e. The number of nitrogens with zero attached hydrogens (tertiary/aromatic N) is 1. The molecule has 2 rings (SSSR count). The van der Waals surface area contributed by atoms with Crippen molar-refractivity contribution in [1.29, 1.82) is 0 Å². The van der Waals surface area contributed by atoms with E-state index < -0.39 is 15.4 Å². The number of carbonyl (C=O) groups is 1. The van der Waals surface area contributed by atoms with Crippen LogP contribution in [0, 0.1) is 5.92 Å². The number of benzene rings is 1. The van der Waals surface area contributed by atoms with E-state index in [9.17, 15) is 13.2 Å². The molecule has 1 aromatic rings. The van der Waals surface area contributed by atoms with Gasteiger partial charge in [0.1, 0.15) is 21.1 Å². The van der Waals surface area contributed by atoms with E-state index in [1.165, 1.54) is 6.26 Å². The summed E-state index contributed by atoms with van der Waals surface area (Å²) in [6.45, 7) is 4.87. The van der Waals surface area contributed by atoms with Gasteiger partial charge in [-0.05, 0) is 56.9 Å². The van der Waals surface area contributed by atoms with Crippen LogP contribution in [0.5, 0.6) is 5.75 Å². The van der Waals surface area contributed by atoms with Crippen molar-refractivity contribution in [1.82, 2.24) is 4.90 Å². The van der Waals surface area contributed by atoms with Gasteiger partial charge in [-0.1, -0.05) is 0 Å². The predicted molar refractivity (Wildman–Crippen MR) is 99.7 cm³/mol. The molecule has 1 unspecified atom stereocenters. The number of rotatable bonds is 6. The van der Waals surface area contributed by atoms with Crippen molar-refractivity contribution in [2.75, 3.05) is 37.5 Å². The zero-order valence-corrected chi connectivity index (χ0v) is 16.2. The Balaban J connectivity index is 2.03. The molecule has 1 aromatic carbocycles. The third kappa shape index (κ3) is 5.63. The van der Waals surface area contributed by atoms with Crippen molar-refractivity contribution < 1.29 is 17.9 Å².